The van der Waals surface area contributed by atoms with Gasteiger partial charge in [-0.3, -0.25) is 0 Å². The summed E-state index contributed by atoms with van der Waals surface area (Å²) < 4.78 is 2.42. The van der Waals surface area contributed by atoms with E-state index in [2.05, 4.69) is 68.6 Å². The molecule has 0 bridgehead atoms. The fraction of sp³-hybridized carbons (Fsp3) is 0.364. The number of hydrogen-bond donors (Lipinski definition) is 0. The molecule has 1 saturated heterocycles. The van der Waals surface area contributed by atoms with E-state index in [0.29, 0.717) is 5.37 Å². The molecule has 0 aromatic heterocycles. The lowest BCUT2D eigenvalue weighted by Gasteiger charge is -2.22. The summed E-state index contributed by atoms with van der Waals surface area (Å²) in [7, 11) is 0. The predicted molar refractivity (Wildman–Crippen MR) is 119 cm³/mol. The molecule has 25 heavy (non-hydrogen) atoms. The Hall–Kier alpha value is -1.16. The van der Waals surface area contributed by atoms with Gasteiger partial charge in [0.25, 0.3) is 0 Å². The van der Waals surface area contributed by atoms with E-state index in [1.165, 1.54) is 28.2 Å². The maximum atomic E-state index is 4.11. The zero-order valence-corrected chi connectivity index (χ0v) is 17.6. The molecular formula is C22H31NS2. The average Bonchev–Trinajstić information content (AvgIpc) is 3.06. The second-order valence-electron chi connectivity index (χ2n) is 5.88. The van der Waals surface area contributed by atoms with Crippen molar-refractivity contribution >= 4 is 29.3 Å². The largest absolute Gasteiger partial charge is 0.229 e. The molecule has 1 aliphatic rings. The van der Waals surface area contributed by atoms with Gasteiger partial charge in [0, 0.05) is 17.2 Å². The van der Waals surface area contributed by atoms with Crippen LogP contribution in [-0.2, 0) is 0 Å². The Balaban J connectivity index is 0.000000970. The van der Waals surface area contributed by atoms with Crippen molar-refractivity contribution in [3.05, 3.63) is 72.9 Å². The van der Waals surface area contributed by atoms with E-state index >= 15 is 0 Å². The fourth-order valence-corrected chi connectivity index (χ4v) is 4.76. The van der Waals surface area contributed by atoms with Gasteiger partial charge in [-0.25, -0.2) is 4.31 Å². The summed E-state index contributed by atoms with van der Waals surface area (Å²) in [6.45, 7) is 17.5. The molecule has 1 heterocycles. The van der Waals surface area contributed by atoms with Gasteiger partial charge < -0.3 is 0 Å². The molecule has 1 aromatic carbocycles. The van der Waals surface area contributed by atoms with Crippen LogP contribution in [-0.4, -0.2) is 22.0 Å². The van der Waals surface area contributed by atoms with Crippen LogP contribution in [0.4, 0.5) is 0 Å². The molecule has 0 radical (unpaired) electrons. The van der Waals surface area contributed by atoms with Crippen molar-refractivity contribution < 1.29 is 0 Å². The van der Waals surface area contributed by atoms with Gasteiger partial charge in [0.15, 0.2) is 0 Å². The van der Waals surface area contributed by atoms with E-state index in [0.717, 1.165) is 12.1 Å². The quantitative estimate of drug-likeness (QED) is 0.295. The van der Waals surface area contributed by atoms with Crippen LogP contribution in [0.15, 0.2) is 72.2 Å². The molecule has 1 nitrogen and oxygen atoms in total. The number of benzene rings is 1. The predicted octanol–water partition coefficient (Wildman–Crippen LogP) is 7.21. The van der Waals surface area contributed by atoms with Crippen molar-refractivity contribution in [2.24, 2.45) is 0 Å². The third kappa shape index (κ3) is 7.31. The third-order valence-electron chi connectivity index (χ3n) is 3.37. The van der Waals surface area contributed by atoms with Crippen LogP contribution >= 0.6 is 23.7 Å². The highest BCUT2D eigenvalue weighted by molar-refractivity contribution is 8.02. The van der Waals surface area contributed by atoms with Crippen LogP contribution in [0.1, 0.15) is 39.7 Å². The smallest absolute Gasteiger partial charge is 0.0867 e. The molecule has 0 unspecified atom stereocenters. The van der Waals surface area contributed by atoms with Gasteiger partial charge in [0.1, 0.15) is 0 Å². The van der Waals surface area contributed by atoms with Gasteiger partial charge in [-0.05, 0) is 49.1 Å². The Labute approximate surface area is 163 Å². The van der Waals surface area contributed by atoms with E-state index < -0.39 is 0 Å². The summed E-state index contributed by atoms with van der Waals surface area (Å²) in [5.41, 5.74) is 3.57. The van der Waals surface area contributed by atoms with Gasteiger partial charge >= 0.3 is 0 Å². The lowest BCUT2D eigenvalue weighted by atomic mass is 10.1. The topological polar surface area (TPSA) is 3.24 Å². The molecule has 0 aliphatic carbocycles. The van der Waals surface area contributed by atoms with E-state index in [1.54, 1.807) is 0 Å². The van der Waals surface area contributed by atoms with Crippen LogP contribution in [0.2, 0.25) is 0 Å². The van der Waals surface area contributed by atoms with Crippen LogP contribution in [0.25, 0.3) is 5.57 Å². The molecule has 0 N–H and O–H groups in total. The summed E-state index contributed by atoms with van der Waals surface area (Å²) in [6, 6.07) is 8.70. The second kappa shape index (κ2) is 12.2. The molecule has 3 heteroatoms. The number of thioether (sulfide) groups is 1. The molecule has 0 amide bonds. The van der Waals surface area contributed by atoms with Gasteiger partial charge in [-0.15, -0.1) is 11.8 Å². The van der Waals surface area contributed by atoms with Crippen molar-refractivity contribution in [1.29, 1.82) is 0 Å². The first-order valence-electron chi connectivity index (χ1n) is 8.84. The highest BCUT2D eigenvalue weighted by Gasteiger charge is 2.26. The highest BCUT2D eigenvalue weighted by Crippen LogP contribution is 2.37. The van der Waals surface area contributed by atoms with Crippen molar-refractivity contribution in [2.75, 3.05) is 12.3 Å². The average molecular weight is 374 g/mol. The van der Waals surface area contributed by atoms with Crippen LogP contribution in [0.5, 0.6) is 0 Å². The van der Waals surface area contributed by atoms with E-state index in [1.807, 2.05) is 48.9 Å². The Kier molecular flexibility index (Phi) is 10.7. The van der Waals surface area contributed by atoms with Gasteiger partial charge in [0.2, 0.25) is 0 Å². The SMILES string of the molecule is C=C/C(=C\C=C/C)c1ccc(SN2CCS[C@H]2C(=C)C)cc1.CCC. The molecule has 1 atom stereocenters. The molecule has 136 valence electrons. The van der Waals surface area contributed by atoms with Crippen molar-refractivity contribution in [2.45, 2.75) is 44.4 Å². The number of nitrogens with zero attached hydrogens (tertiary/aromatic N) is 1. The standard InChI is InChI=1S/C19H23NS2.C3H8/c1-5-7-8-16(6-2)17-9-11-18(12-10-17)22-20-13-14-21-19(20)15(3)4;1-3-2/h5-12,19H,2-3,13-14H2,1,4H3;3H2,1-2H3/b7-5-,16-8+;/t19-;/m0./s1. The lowest BCUT2D eigenvalue weighted by molar-refractivity contribution is 0.535. The maximum absolute atomic E-state index is 4.11. The Morgan fingerprint density at radius 2 is 1.96 bits per heavy atom. The number of hydrogen-bond acceptors (Lipinski definition) is 3. The fourth-order valence-electron chi connectivity index (χ4n) is 2.26. The third-order valence-corrected chi connectivity index (χ3v) is 6.00. The first-order valence-corrected chi connectivity index (χ1v) is 10.7. The summed E-state index contributed by atoms with van der Waals surface area (Å²) >= 11 is 3.80. The molecule has 0 saturated carbocycles. The normalized spacial score (nSPS) is 18.1. The first kappa shape index (κ1) is 21.9. The minimum atomic E-state index is 0.433. The molecule has 0 spiro atoms. The highest BCUT2D eigenvalue weighted by atomic mass is 32.2. The minimum Gasteiger partial charge on any atom is -0.229 e. The summed E-state index contributed by atoms with van der Waals surface area (Å²) in [4.78, 5) is 1.27. The monoisotopic (exact) mass is 373 g/mol. The Morgan fingerprint density at radius 3 is 2.48 bits per heavy atom. The number of allylic oxidation sites excluding steroid dienone is 5. The molecule has 1 fully saturated rings. The molecular weight excluding hydrogens is 342 g/mol. The first-order chi connectivity index (χ1) is 12.1. The van der Waals surface area contributed by atoms with Crippen molar-refractivity contribution in [3.8, 4) is 0 Å². The second-order valence-corrected chi connectivity index (χ2v) is 8.20. The summed E-state index contributed by atoms with van der Waals surface area (Å²) in [5, 5.41) is 0.433. The molecule has 2 rings (SSSR count). The Morgan fingerprint density at radius 1 is 1.32 bits per heavy atom. The lowest BCUT2D eigenvalue weighted by Crippen LogP contribution is -2.21. The van der Waals surface area contributed by atoms with Gasteiger partial charge in [-0.2, -0.15) is 0 Å². The van der Waals surface area contributed by atoms with Crippen molar-refractivity contribution in [3.63, 3.8) is 0 Å². The molecule has 1 aliphatic heterocycles. The summed E-state index contributed by atoms with van der Waals surface area (Å²) in [5.74, 6) is 1.18. The van der Waals surface area contributed by atoms with Crippen LogP contribution < -0.4 is 0 Å². The van der Waals surface area contributed by atoms with Crippen LogP contribution in [0.3, 0.4) is 0 Å². The van der Waals surface area contributed by atoms with Gasteiger partial charge in [0.05, 0.1) is 5.37 Å². The number of rotatable bonds is 6. The van der Waals surface area contributed by atoms with E-state index in [4.69, 9.17) is 0 Å². The Bertz CT molecular complexity index is 599. The van der Waals surface area contributed by atoms with E-state index in [9.17, 15) is 0 Å². The summed E-state index contributed by atoms with van der Waals surface area (Å²) in [6.07, 6.45) is 9.30. The van der Waals surface area contributed by atoms with Gasteiger partial charge in [-0.1, -0.05) is 75.4 Å². The van der Waals surface area contributed by atoms with Crippen molar-refractivity contribution in [1.82, 2.24) is 4.31 Å². The minimum absolute atomic E-state index is 0.433. The molecule has 1 aromatic rings. The van der Waals surface area contributed by atoms with Crippen LogP contribution in [0, 0.1) is 0 Å². The van der Waals surface area contributed by atoms with E-state index in [-0.39, 0.29) is 0 Å². The zero-order chi connectivity index (χ0) is 18.7. The zero-order valence-electron chi connectivity index (χ0n) is 16.0. The maximum Gasteiger partial charge on any atom is 0.0867 e.